The summed E-state index contributed by atoms with van der Waals surface area (Å²) < 4.78 is 0. The predicted molar refractivity (Wildman–Crippen MR) is 51.8 cm³/mol. The van der Waals surface area contributed by atoms with Crippen molar-refractivity contribution in [2.24, 2.45) is 0 Å². The maximum Gasteiger partial charge on any atom is 0.321 e. The molecule has 0 aromatic carbocycles. The number of carboxylic acids is 1. The van der Waals surface area contributed by atoms with Crippen LogP contribution in [0.25, 0.3) is 0 Å². The first-order chi connectivity index (χ1) is 6.77. The molecule has 1 aromatic heterocycles. The molecule has 1 aromatic rings. The molecule has 1 aliphatic rings. The van der Waals surface area contributed by atoms with Gasteiger partial charge in [0.15, 0.2) is 0 Å². The largest absolute Gasteiger partial charge is 0.480 e. The number of hydrogen-bond acceptors (Lipinski definition) is 5. The minimum absolute atomic E-state index is 0.0286. The van der Waals surface area contributed by atoms with Crippen LogP contribution in [0.3, 0.4) is 0 Å². The summed E-state index contributed by atoms with van der Waals surface area (Å²) in [5.74, 6) is -0.238. The average Bonchev–Trinajstić information content (AvgIpc) is 2.68. The van der Waals surface area contributed by atoms with Gasteiger partial charge in [0.1, 0.15) is 12.4 Å². The van der Waals surface area contributed by atoms with Gasteiger partial charge >= 0.3 is 5.97 Å². The highest BCUT2D eigenvalue weighted by molar-refractivity contribution is 7.99. The summed E-state index contributed by atoms with van der Waals surface area (Å²) in [6, 6.07) is 1.31. The first kappa shape index (κ1) is 9.42. The van der Waals surface area contributed by atoms with E-state index in [1.165, 1.54) is 6.33 Å². The Kier molecular flexibility index (Phi) is 2.64. The van der Waals surface area contributed by atoms with Crippen LogP contribution >= 0.6 is 11.8 Å². The van der Waals surface area contributed by atoms with Crippen molar-refractivity contribution in [1.82, 2.24) is 15.3 Å². The number of carbonyl (C=O) groups is 1. The van der Waals surface area contributed by atoms with Crippen LogP contribution in [-0.2, 0) is 4.79 Å². The standard InChI is InChI=1S/C8H9N3O2S/c12-8(13)6-3-14-7(11-6)5-1-2-9-4-10-5/h1-2,4,6-7,11H,3H2,(H,12,13). The van der Waals surface area contributed by atoms with Gasteiger partial charge in [0.2, 0.25) is 0 Å². The molecule has 1 saturated heterocycles. The van der Waals surface area contributed by atoms with Crippen LogP contribution in [0, 0.1) is 0 Å². The van der Waals surface area contributed by atoms with Gasteiger partial charge < -0.3 is 5.11 Å². The number of nitrogens with one attached hydrogen (secondary N) is 1. The van der Waals surface area contributed by atoms with E-state index in [1.807, 2.05) is 0 Å². The van der Waals surface area contributed by atoms with E-state index in [4.69, 9.17) is 5.11 Å². The molecule has 2 atom stereocenters. The van der Waals surface area contributed by atoms with Crippen molar-refractivity contribution in [3.05, 3.63) is 24.3 Å². The molecule has 5 nitrogen and oxygen atoms in total. The Morgan fingerprint density at radius 3 is 3.14 bits per heavy atom. The SMILES string of the molecule is O=C(O)C1CSC(c2ccncn2)N1. The highest BCUT2D eigenvalue weighted by Gasteiger charge is 2.30. The van der Waals surface area contributed by atoms with Crippen molar-refractivity contribution in [1.29, 1.82) is 0 Å². The van der Waals surface area contributed by atoms with E-state index >= 15 is 0 Å². The normalized spacial score (nSPS) is 26.3. The van der Waals surface area contributed by atoms with Gasteiger partial charge in [-0.1, -0.05) is 0 Å². The third-order valence-corrected chi connectivity index (χ3v) is 3.19. The summed E-state index contributed by atoms with van der Waals surface area (Å²) in [7, 11) is 0. The Bertz CT molecular complexity index is 333. The third-order valence-electron chi connectivity index (χ3n) is 1.95. The van der Waals surface area contributed by atoms with Gasteiger partial charge in [-0.3, -0.25) is 10.1 Å². The van der Waals surface area contributed by atoms with Crippen LogP contribution in [-0.4, -0.2) is 32.8 Å². The van der Waals surface area contributed by atoms with Gasteiger partial charge in [0.05, 0.1) is 11.1 Å². The van der Waals surface area contributed by atoms with Gasteiger partial charge in [-0.2, -0.15) is 0 Å². The Hall–Kier alpha value is -1.14. The van der Waals surface area contributed by atoms with Crippen LogP contribution in [0.2, 0.25) is 0 Å². The fourth-order valence-electron chi connectivity index (χ4n) is 1.24. The van der Waals surface area contributed by atoms with Crippen molar-refractivity contribution in [2.75, 3.05) is 5.75 Å². The number of rotatable bonds is 2. The van der Waals surface area contributed by atoms with E-state index in [-0.39, 0.29) is 5.37 Å². The van der Waals surface area contributed by atoms with Gasteiger partial charge in [0.25, 0.3) is 0 Å². The van der Waals surface area contributed by atoms with Gasteiger partial charge in [-0.25, -0.2) is 9.97 Å². The second kappa shape index (κ2) is 3.93. The third kappa shape index (κ3) is 1.85. The Balaban J connectivity index is 2.06. The van der Waals surface area contributed by atoms with Crippen LogP contribution in [0.4, 0.5) is 0 Å². The predicted octanol–water partition coefficient (Wildman–Crippen LogP) is 0.265. The van der Waals surface area contributed by atoms with E-state index in [9.17, 15) is 4.79 Å². The Labute approximate surface area is 85.0 Å². The van der Waals surface area contributed by atoms with Crippen LogP contribution in [0.5, 0.6) is 0 Å². The van der Waals surface area contributed by atoms with Crippen molar-refractivity contribution in [2.45, 2.75) is 11.4 Å². The molecular weight excluding hydrogens is 202 g/mol. The molecule has 0 aliphatic carbocycles. The number of carboxylic acid groups (broad SMARTS) is 1. The maximum atomic E-state index is 10.7. The van der Waals surface area contributed by atoms with E-state index in [0.29, 0.717) is 5.75 Å². The molecule has 0 amide bonds. The van der Waals surface area contributed by atoms with Crippen LogP contribution in [0.1, 0.15) is 11.1 Å². The van der Waals surface area contributed by atoms with Crippen molar-refractivity contribution >= 4 is 17.7 Å². The first-order valence-electron chi connectivity index (χ1n) is 4.14. The summed E-state index contributed by atoms with van der Waals surface area (Å²) in [5.41, 5.74) is 0.828. The highest BCUT2D eigenvalue weighted by atomic mass is 32.2. The molecular formula is C8H9N3O2S. The summed E-state index contributed by atoms with van der Waals surface area (Å²) in [6.45, 7) is 0. The lowest BCUT2D eigenvalue weighted by atomic mass is 10.3. The van der Waals surface area contributed by atoms with Gasteiger partial charge in [-0.05, 0) is 6.07 Å². The molecule has 2 unspecified atom stereocenters. The van der Waals surface area contributed by atoms with Crippen molar-refractivity contribution in [3.63, 3.8) is 0 Å². The summed E-state index contributed by atoms with van der Waals surface area (Å²) in [6.07, 6.45) is 3.12. The summed E-state index contributed by atoms with van der Waals surface area (Å²) >= 11 is 1.55. The van der Waals surface area contributed by atoms with Gasteiger partial charge in [0, 0.05) is 11.9 Å². The van der Waals surface area contributed by atoms with Crippen molar-refractivity contribution in [3.8, 4) is 0 Å². The lowest BCUT2D eigenvalue weighted by molar-refractivity contribution is -0.138. The average molecular weight is 211 g/mol. The lowest BCUT2D eigenvalue weighted by Crippen LogP contribution is -2.33. The second-order valence-electron chi connectivity index (χ2n) is 2.91. The molecule has 0 bridgehead atoms. The molecule has 2 N–H and O–H groups in total. The zero-order valence-electron chi connectivity index (χ0n) is 7.25. The molecule has 1 aliphatic heterocycles. The fourth-order valence-corrected chi connectivity index (χ4v) is 2.44. The molecule has 0 radical (unpaired) electrons. The summed E-state index contributed by atoms with van der Waals surface area (Å²) in [4.78, 5) is 18.5. The van der Waals surface area contributed by atoms with E-state index in [1.54, 1.807) is 24.0 Å². The molecule has 1 fully saturated rings. The molecule has 74 valence electrons. The smallest absolute Gasteiger partial charge is 0.321 e. The number of thioether (sulfide) groups is 1. The number of hydrogen-bond donors (Lipinski definition) is 2. The van der Waals surface area contributed by atoms with E-state index in [2.05, 4.69) is 15.3 Å². The minimum Gasteiger partial charge on any atom is -0.480 e. The maximum absolute atomic E-state index is 10.7. The zero-order valence-corrected chi connectivity index (χ0v) is 8.07. The lowest BCUT2D eigenvalue weighted by Gasteiger charge is -2.08. The fraction of sp³-hybridized carbons (Fsp3) is 0.375. The van der Waals surface area contributed by atoms with Gasteiger partial charge in [-0.15, -0.1) is 11.8 Å². The van der Waals surface area contributed by atoms with Crippen LogP contribution in [0.15, 0.2) is 18.6 Å². The molecule has 2 heterocycles. The van der Waals surface area contributed by atoms with E-state index < -0.39 is 12.0 Å². The summed E-state index contributed by atoms with van der Waals surface area (Å²) in [5, 5.41) is 11.7. The monoisotopic (exact) mass is 211 g/mol. The minimum atomic E-state index is -0.811. The molecule has 14 heavy (non-hydrogen) atoms. The van der Waals surface area contributed by atoms with E-state index in [0.717, 1.165) is 5.69 Å². The topological polar surface area (TPSA) is 75.1 Å². The van der Waals surface area contributed by atoms with Crippen molar-refractivity contribution < 1.29 is 9.90 Å². The first-order valence-corrected chi connectivity index (χ1v) is 5.18. The molecule has 2 rings (SSSR count). The Morgan fingerprint density at radius 1 is 1.71 bits per heavy atom. The highest BCUT2D eigenvalue weighted by Crippen LogP contribution is 2.31. The molecule has 0 saturated carbocycles. The Morgan fingerprint density at radius 2 is 2.57 bits per heavy atom. The molecule has 6 heteroatoms. The number of nitrogens with zero attached hydrogens (tertiary/aromatic N) is 2. The number of aromatic nitrogens is 2. The molecule has 0 spiro atoms. The quantitative estimate of drug-likeness (QED) is 0.731. The van der Waals surface area contributed by atoms with Crippen LogP contribution < -0.4 is 5.32 Å². The zero-order chi connectivity index (χ0) is 9.97. The number of aliphatic carboxylic acids is 1. The second-order valence-corrected chi connectivity index (χ2v) is 4.04.